The zero-order valence-corrected chi connectivity index (χ0v) is 11.0. The lowest BCUT2D eigenvalue weighted by Crippen LogP contribution is -2.27. The Kier molecular flexibility index (Phi) is 3.24. The fraction of sp³-hybridized carbons (Fsp3) is 0.385. The molecule has 2 heterocycles. The SMILES string of the molecule is O=c1c2cccc(F)c2nc(Cl)n1CC1CCNC1. The zero-order chi connectivity index (χ0) is 13.4. The van der Waals surface area contributed by atoms with E-state index in [1.807, 2.05) is 0 Å². The fourth-order valence-electron chi connectivity index (χ4n) is 2.47. The highest BCUT2D eigenvalue weighted by Crippen LogP contribution is 2.17. The van der Waals surface area contributed by atoms with Crippen LogP contribution in [-0.2, 0) is 6.54 Å². The van der Waals surface area contributed by atoms with Gasteiger partial charge in [0.25, 0.3) is 5.56 Å². The average Bonchev–Trinajstić information content (AvgIpc) is 2.89. The summed E-state index contributed by atoms with van der Waals surface area (Å²) in [4.78, 5) is 16.4. The van der Waals surface area contributed by atoms with Gasteiger partial charge in [0.05, 0.1) is 5.39 Å². The van der Waals surface area contributed by atoms with E-state index in [9.17, 15) is 9.18 Å². The van der Waals surface area contributed by atoms with Gasteiger partial charge in [-0.05, 0) is 49.2 Å². The van der Waals surface area contributed by atoms with Gasteiger partial charge in [-0.15, -0.1) is 0 Å². The number of hydrogen-bond donors (Lipinski definition) is 1. The maximum atomic E-state index is 13.6. The minimum atomic E-state index is -0.522. The molecule has 6 heteroatoms. The van der Waals surface area contributed by atoms with E-state index < -0.39 is 5.82 Å². The molecule has 1 N–H and O–H groups in total. The smallest absolute Gasteiger partial charge is 0.262 e. The van der Waals surface area contributed by atoms with Gasteiger partial charge in [-0.2, -0.15) is 0 Å². The van der Waals surface area contributed by atoms with Crippen molar-refractivity contribution in [3.05, 3.63) is 39.7 Å². The molecule has 0 bridgehead atoms. The number of fused-ring (bicyclic) bond motifs is 1. The van der Waals surface area contributed by atoms with Gasteiger partial charge in [-0.25, -0.2) is 9.37 Å². The van der Waals surface area contributed by atoms with Crippen LogP contribution < -0.4 is 10.9 Å². The van der Waals surface area contributed by atoms with Gasteiger partial charge in [-0.3, -0.25) is 9.36 Å². The maximum absolute atomic E-state index is 13.6. The van der Waals surface area contributed by atoms with E-state index >= 15 is 0 Å². The van der Waals surface area contributed by atoms with E-state index in [0.717, 1.165) is 19.5 Å². The van der Waals surface area contributed by atoms with E-state index in [4.69, 9.17) is 11.6 Å². The van der Waals surface area contributed by atoms with Crippen molar-refractivity contribution in [2.24, 2.45) is 5.92 Å². The number of nitrogens with one attached hydrogen (secondary N) is 1. The topological polar surface area (TPSA) is 46.9 Å². The summed E-state index contributed by atoms with van der Waals surface area (Å²) in [5.74, 6) is -0.158. The zero-order valence-electron chi connectivity index (χ0n) is 10.2. The first-order valence-corrected chi connectivity index (χ1v) is 6.60. The van der Waals surface area contributed by atoms with Gasteiger partial charge in [-0.1, -0.05) is 6.07 Å². The Morgan fingerprint density at radius 1 is 1.53 bits per heavy atom. The van der Waals surface area contributed by atoms with Crippen LogP contribution in [0.5, 0.6) is 0 Å². The van der Waals surface area contributed by atoms with E-state index in [1.54, 1.807) is 6.07 Å². The lowest BCUT2D eigenvalue weighted by Gasteiger charge is -2.13. The van der Waals surface area contributed by atoms with E-state index in [-0.39, 0.29) is 21.7 Å². The van der Waals surface area contributed by atoms with Gasteiger partial charge < -0.3 is 5.32 Å². The number of hydrogen-bond acceptors (Lipinski definition) is 3. The molecule has 0 radical (unpaired) electrons. The molecular formula is C13H13ClFN3O. The summed E-state index contributed by atoms with van der Waals surface area (Å²) >= 11 is 6.02. The molecule has 1 atom stereocenters. The van der Waals surface area contributed by atoms with Crippen LogP contribution in [0.15, 0.2) is 23.0 Å². The van der Waals surface area contributed by atoms with E-state index in [0.29, 0.717) is 12.5 Å². The molecule has 0 spiro atoms. The molecular weight excluding hydrogens is 269 g/mol. The van der Waals surface area contributed by atoms with Crippen LogP contribution in [0.4, 0.5) is 4.39 Å². The Hall–Kier alpha value is -1.46. The lowest BCUT2D eigenvalue weighted by molar-refractivity contribution is 0.470. The van der Waals surface area contributed by atoms with Crippen LogP contribution in [-0.4, -0.2) is 22.6 Å². The van der Waals surface area contributed by atoms with Gasteiger partial charge in [0.15, 0.2) is 0 Å². The maximum Gasteiger partial charge on any atom is 0.262 e. The monoisotopic (exact) mass is 281 g/mol. The minimum Gasteiger partial charge on any atom is -0.316 e. The Morgan fingerprint density at radius 3 is 3.11 bits per heavy atom. The van der Waals surface area contributed by atoms with Crippen molar-refractivity contribution in [1.29, 1.82) is 0 Å². The van der Waals surface area contributed by atoms with Crippen molar-refractivity contribution in [2.75, 3.05) is 13.1 Å². The second-order valence-corrected chi connectivity index (χ2v) is 5.13. The largest absolute Gasteiger partial charge is 0.316 e. The molecule has 1 aromatic heterocycles. The van der Waals surface area contributed by atoms with Crippen LogP contribution in [0.3, 0.4) is 0 Å². The summed E-state index contributed by atoms with van der Waals surface area (Å²) in [7, 11) is 0. The number of nitrogens with zero attached hydrogens (tertiary/aromatic N) is 2. The molecule has 4 nitrogen and oxygen atoms in total. The molecule has 0 saturated carbocycles. The van der Waals surface area contributed by atoms with E-state index in [2.05, 4.69) is 10.3 Å². The van der Waals surface area contributed by atoms with E-state index in [1.165, 1.54) is 16.7 Å². The minimum absolute atomic E-state index is 0.0401. The molecule has 1 unspecified atom stereocenters. The standard InChI is InChI=1S/C13H13ClFN3O/c14-13-17-11-9(2-1-3-10(11)15)12(19)18(13)7-8-4-5-16-6-8/h1-3,8,16H,4-7H2. The average molecular weight is 282 g/mol. The molecule has 3 rings (SSSR count). The number of benzene rings is 1. The number of aromatic nitrogens is 2. The summed E-state index contributed by atoms with van der Waals surface area (Å²) in [5, 5.41) is 3.56. The highest BCUT2D eigenvalue weighted by molar-refractivity contribution is 6.28. The Balaban J connectivity index is 2.12. The number of para-hydroxylation sites is 1. The predicted molar refractivity (Wildman–Crippen MR) is 71.9 cm³/mol. The van der Waals surface area contributed by atoms with Crippen LogP contribution in [0, 0.1) is 11.7 Å². The third-order valence-corrected chi connectivity index (χ3v) is 3.78. The van der Waals surface area contributed by atoms with Crippen LogP contribution in [0.25, 0.3) is 10.9 Å². The summed E-state index contributed by atoms with van der Waals surface area (Å²) < 4.78 is 15.0. The normalized spacial score (nSPS) is 19.2. The Labute approximate surface area is 114 Å². The quantitative estimate of drug-likeness (QED) is 0.854. The van der Waals surface area contributed by atoms with Gasteiger partial charge in [0, 0.05) is 6.54 Å². The predicted octanol–water partition coefficient (Wildman–Crippen LogP) is 1.80. The molecule has 1 aromatic carbocycles. The van der Waals surface area contributed by atoms with Crippen LogP contribution >= 0.6 is 11.6 Å². The fourth-order valence-corrected chi connectivity index (χ4v) is 2.70. The molecule has 1 aliphatic rings. The number of halogens is 2. The Bertz CT molecular complexity index is 679. The Morgan fingerprint density at radius 2 is 2.37 bits per heavy atom. The van der Waals surface area contributed by atoms with Crippen molar-refractivity contribution in [3.63, 3.8) is 0 Å². The summed E-state index contributed by atoms with van der Waals surface area (Å²) in [6.45, 7) is 2.33. The molecule has 100 valence electrons. The van der Waals surface area contributed by atoms with Crippen molar-refractivity contribution < 1.29 is 4.39 Å². The van der Waals surface area contributed by atoms with Gasteiger partial charge in [0.2, 0.25) is 5.28 Å². The summed E-state index contributed by atoms with van der Waals surface area (Å²) in [5.41, 5.74) is -0.236. The molecule has 2 aromatic rings. The molecule has 1 aliphatic heterocycles. The van der Waals surface area contributed by atoms with Crippen molar-refractivity contribution in [2.45, 2.75) is 13.0 Å². The van der Waals surface area contributed by atoms with Crippen molar-refractivity contribution >= 4 is 22.5 Å². The first-order chi connectivity index (χ1) is 9.16. The van der Waals surface area contributed by atoms with Crippen molar-refractivity contribution in [1.82, 2.24) is 14.9 Å². The molecule has 0 aliphatic carbocycles. The van der Waals surface area contributed by atoms with Crippen molar-refractivity contribution in [3.8, 4) is 0 Å². The second-order valence-electron chi connectivity index (χ2n) is 4.79. The van der Waals surface area contributed by atoms with Gasteiger partial charge >= 0.3 is 0 Å². The highest BCUT2D eigenvalue weighted by atomic mass is 35.5. The molecule has 19 heavy (non-hydrogen) atoms. The van der Waals surface area contributed by atoms with Crippen LogP contribution in [0.1, 0.15) is 6.42 Å². The molecule has 0 amide bonds. The second kappa shape index (κ2) is 4.90. The summed E-state index contributed by atoms with van der Waals surface area (Å²) in [6, 6.07) is 4.36. The third-order valence-electron chi connectivity index (χ3n) is 3.49. The van der Waals surface area contributed by atoms with Crippen LogP contribution in [0.2, 0.25) is 5.28 Å². The highest BCUT2D eigenvalue weighted by Gasteiger charge is 2.19. The first-order valence-electron chi connectivity index (χ1n) is 6.22. The first kappa shape index (κ1) is 12.6. The molecule has 1 saturated heterocycles. The third kappa shape index (κ3) is 2.24. The summed E-state index contributed by atoms with van der Waals surface area (Å²) in [6.07, 6.45) is 1.00. The lowest BCUT2D eigenvalue weighted by atomic mass is 10.1. The molecule has 1 fully saturated rings. The van der Waals surface area contributed by atoms with Gasteiger partial charge in [0.1, 0.15) is 11.3 Å². The number of rotatable bonds is 2.